The van der Waals surface area contributed by atoms with E-state index >= 15 is 0 Å². The molecule has 2 N–H and O–H groups in total. The number of carbonyl (C=O) groups is 3. The number of urea groups is 1. The minimum absolute atomic E-state index is 0.164. The molecule has 30 heavy (non-hydrogen) atoms. The van der Waals surface area contributed by atoms with E-state index in [0.29, 0.717) is 0 Å². The highest BCUT2D eigenvalue weighted by atomic mass is 35.5. The highest BCUT2D eigenvalue weighted by Crippen LogP contribution is 2.31. The molecule has 0 radical (unpaired) electrons. The minimum atomic E-state index is -0.699. The van der Waals surface area contributed by atoms with Crippen LogP contribution in [0.5, 0.6) is 0 Å². The number of benzene rings is 1. The molecule has 10 heteroatoms. The first-order chi connectivity index (χ1) is 14.4. The predicted molar refractivity (Wildman–Crippen MR) is 116 cm³/mol. The van der Waals surface area contributed by atoms with Gasteiger partial charge in [0.25, 0.3) is 0 Å². The SMILES string of the molecule is CCOC(=O)C1=C(COC(=O)c2cc(SC)ccc2Cl)NC(=O)NC1c1cccs1. The van der Waals surface area contributed by atoms with Crippen LogP contribution in [0.3, 0.4) is 0 Å². The van der Waals surface area contributed by atoms with Crippen LogP contribution in [0.4, 0.5) is 4.79 Å². The van der Waals surface area contributed by atoms with E-state index in [1.54, 1.807) is 31.2 Å². The Morgan fingerprint density at radius 1 is 1.23 bits per heavy atom. The van der Waals surface area contributed by atoms with E-state index in [9.17, 15) is 14.4 Å². The van der Waals surface area contributed by atoms with Crippen LogP contribution in [0.15, 0.2) is 51.9 Å². The van der Waals surface area contributed by atoms with E-state index in [4.69, 9.17) is 21.1 Å². The molecule has 0 fully saturated rings. The summed E-state index contributed by atoms with van der Waals surface area (Å²) in [6.45, 7) is 1.54. The summed E-state index contributed by atoms with van der Waals surface area (Å²) in [7, 11) is 0. The first kappa shape index (κ1) is 22.2. The summed E-state index contributed by atoms with van der Waals surface area (Å²) >= 11 is 8.98. The maximum Gasteiger partial charge on any atom is 0.340 e. The summed E-state index contributed by atoms with van der Waals surface area (Å²) < 4.78 is 10.6. The van der Waals surface area contributed by atoms with Crippen molar-refractivity contribution in [1.29, 1.82) is 0 Å². The van der Waals surface area contributed by atoms with Crippen LogP contribution < -0.4 is 10.6 Å². The Hall–Kier alpha value is -2.49. The summed E-state index contributed by atoms with van der Waals surface area (Å²) in [5.74, 6) is -1.26. The van der Waals surface area contributed by atoms with Crippen molar-refractivity contribution in [3.63, 3.8) is 0 Å². The van der Waals surface area contributed by atoms with Gasteiger partial charge in [-0.25, -0.2) is 14.4 Å². The molecule has 0 bridgehead atoms. The van der Waals surface area contributed by atoms with Gasteiger partial charge in [0.1, 0.15) is 6.61 Å². The van der Waals surface area contributed by atoms with Crippen molar-refractivity contribution < 1.29 is 23.9 Å². The Labute approximate surface area is 186 Å². The van der Waals surface area contributed by atoms with Crippen molar-refractivity contribution in [2.75, 3.05) is 19.5 Å². The van der Waals surface area contributed by atoms with E-state index in [-0.39, 0.29) is 35.1 Å². The van der Waals surface area contributed by atoms with Crippen molar-refractivity contribution in [3.8, 4) is 0 Å². The number of esters is 2. The number of halogens is 1. The monoisotopic (exact) mass is 466 g/mol. The topological polar surface area (TPSA) is 93.7 Å². The van der Waals surface area contributed by atoms with Crippen LogP contribution in [0.25, 0.3) is 0 Å². The number of rotatable bonds is 7. The standard InChI is InChI=1S/C20H19ClN2O5S2/c1-3-27-19(25)16-14(22-20(26)23-17(16)15-5-4-8-30-15)10-28-18(24)12-9-11(29-2)6-7-13(12)21/h4-9,17H,3,10H2,1-2H3,(H2,22,23,26). The van der Waals surface area contributed by atoms with Gasteiger partial charge in [-0.05, 0) is 42.8 Å². The van der Waals surface area contributed by atoms with Crippen LogP contribution >= 0.6 is 34.7 Å². The molecule has 1 aromatic carbocycles. The van der Waals surface area contributed by atoms with E-state index in [0.717, 1.165) is 9.77 Å². The number of ether oxygens (including phenoxy) is 2. The first-order valence-corrected chi connectivity index (χ1v) is 11.4. The first-order valence-electron chi connectivity index (χ1n) is 8.96. The van der Waals surface area contributed by atoms with Crippen LogP contribution in [0.2, 0.25) is 5.02 Å². The van der Waals surface area contributed by atoms with Gasteiger partial charge >= 0.3 is 18.0 Å². The molecular weight excluding hydrogens is 448 g/mol. The van der Waals surface area contributed by atoms with Gasteiger partial charge < -0.3 is 20.1 Å². The number of hydrogen-bond donors (Lipinski definition) is 2. The smallest absolute Gasteiger partial charge is 0.340 e. The van der Waals surface area contributed by atoms with Crippen molar-refractivity contribution in [3.05, 3.63) is 62.4 Å². The summed E-state index contributed by atoms with van der Waals surface area (Å²) in [5.41, 5.74) is 0.564. The van der Waals surface area contributed by atoms with Gasteiger partial charge in [-0.1, -0.05) is 17.7 Å². The van der Waals surface area contributed by atoms with Gasteiger partial charge in [-0.2, -0.15) is 0 Å². The molecule has 1 aliphatic rings. The van der Waals surface area contributed by atoms with Gasteiger partial charge in [0.2, 0.25) is 0 Å². The average molecular weight is 467 g/mol. The van der Waals surface area contributed by atoms with Crippen LogP contribution in [-0.4, -0.2) is 37.4 Å². The number of carbonyl (C=O) groups excluding carboxylic acids is 3. The highest BCUT2D eigenvalue weighted by molar-refractivity contribution is 7.98. The lowest BCUT2D eigenvalue weighted by Crippen LogP contribution is -2.46. The van der Waals surface area contributed by atoms with Gasteiger partial charge in [-0.15, -0.1) is 23.1 Å². The van der Waals surface area contributed by atoms with Gasteiger partial charge in [0, 0.05) is 9.77 Å². The summed E-state index contributed by atoms with van der Waals surface area (Å²) in [6.07, 6.45) is 1.88. The van der Waals surface area contributed by atoms with Crippen molar-refractivity contribution >= 4 is 52.7 Å². The molecule has 0 saturated carbocycles. The largest absolute Gasteiger partial charge is 0.463 e. The molecule has 2 amide bonds. The van der Waals surface area contributed by atoms with E-state index in [1.165, 1.54) is 23.1 Å². The molecule has 0 aliphatic carbocycles. The molecular formula is C20H19ClN2O5S2. The Morgan fingerprint density at radius 2 is 2.03 bits per heavy atom. The zero-order valence-electron chi connectivity index (χ0n) is 16.2. The van der Waals surface area contributed by atoms with E-state index in [2.05, 4.69) is 10.6 Å². The lowest BCUT2D eigenvalue weighted by Gasteiger charge is -2.28. The second-order valence-corrected chi connectivity index (χ2v) is 8.35. The molecule has 2 heterocycles. The van der Waals surface area contributed by atoms with Crippen molar-refractivity contribution in [2.45, 2.75) is 17.9 Å². The normalized spacial score (nSPS) is 16.0. The molecule has 1 unspecified atom stereocenters. The second-order valence-electron chi connectivity index (χ2n) is 6.08. The lowest BCUT2D eigenvalue weighted by atomic mass is 10.0. The third kappa shape index (κ3) is 4.97. The molecule has 1 aromatic heterocycles. The summed E-state index contributed by atoms with van der Waals surface area (Å²) in [6, 6.07) is 7.46. The van der Waals surface area contributed by atoms with Crippen LogP contribution in [0.1, 0.15) is 28.2 Å². The number of thioether (sulfide) groups is 1. The number of amides is 2. The zero-order valence-corrected chi connectivity index (χ0v) is 18.6. The number of thiophene rings is 1. The fourth-order valence-corrected chi connectivity index (χ4v) is 4.27. The quantitative estimate of drug-likeness (QED) is 0.470. The van der Waals surface area contributed by atoms with E-state index in [1.807, 2.05) is 17.7 Å². The average Bonchev–Trinajstić information content (AvgIpc) is 3.27. The summed E-state index contributed by atoms with van der Waals surface area (Å²) in [5, 5.41) is 7.37. The maximum absolute atomic E-state index is 12.6. The van der Waals surface area contributed by atoms with Gasteiger partial charge in [-0.3, -0.25) is 0 Å². The maximum atomic E-state index is 12.6. The Kier molecular flexibility index (Phi) is 7.41. The van der Waals surface area contributed by atoms with Gasteiger partial charge in [0.05, 0.1) is 34.5 Å². The fraction of sp³-hybridized carbons (Fsp3) is 0.250. The molecule has 1 atom stereocenters. The number of nitrogens with one attached hydrogen (secondary N) is 2. The number of hydrogen-bond acceptors (Lipinski definition) is 7. The lowest BCUT2D eigenvalue weighted by molar-refractivity contribution is -0.139. The molecule has 0 spiro atoms. The van der Waals surface area contributed by atoms with Crippen molar-refractivity contribution in [1.82, 2.24) is 10.6 Å². The third-order valence-electron chi connectivity index (χ3n) is 4.22. The molecule has 7 nitrogen and oxygen atoms in total. The van der Waals surface area contributed by atoms with E-state index < -0.39 is 24.0 Å². The van der Waals surface area contributed by atoms with Crippen molar-refractivity contribution in [2.24, 2.45) is 0 Å². The molecule has 0 saturated heterocycles. The minimum Gasteiger partial charge on any atom is -0.463 e. The third-order valence-corrected chi connectivity index (χ3v) is 6.21. The second kappa shape index (κ2) is 10.0. The fourth-order valence-electron chi connectivity index (χ4n) is 2.85. The molecule has 1 aliphatic heterocycles. The molecule has 2 aromatic rings. The Morgan fingerprint density at radius 3 is 2.70 bits per heavy atom. The van der Waals surface area contributed by atoms with Crippen LogP contribution in [0, 0.1) is 0 Å². The molecule has 158 valence electrons. The zero-order chi connectivity index (χ0) is 21.7. The highest BCUT2D eigenvalue weighted by Gasteiger charge is 2.34. The molecule has 3 rings (SSSR count). The predicted octanol–water partition coefficient (Wildman–Crippen LogP) is 4.15. The summed E-state index contributed by atoms with van der Waals surface area (Å²) in [4.78, 5) is 39.0. The Bertz CT molecular complexity index is 991. The van der Waals surface area contributed by atoms with Crippen LogP contribution in [-0.2, 0) is 14.3 Å². The van der Waals surface area contributed by atoms with Gasteiger partial charge in [0.15, 0.2) is 0 Å². The Balaban J connectivity index is 1.90.